The molecule has 1 heterocycles. The second-order valence-electron chi connectivity index (χ2n) is 2.88. The van der Waals surface area contributed by atoms with Gasteiger partial charge in [0.1, 0.15) is 0 Å². The van der Waals surface area contributed by atoms with E-state index in [-0.39, 0.29) is 0 Å². The molecule has 0 amide bonds. The highest BCUT2D eigenvalue weighted by Gasteiger charge is 2.28. The maximum Gasteiger partial charge on any atom is 0.0703 e. The van der Waals surface area contributed by atoms with Crippen molar-refractivity contribution in [3.05, 3.63) is 0 Å². The Bertz CT molecular complexity index is 94.3. The van der Waals surface area contributed by atoms with Gasteiger partial charge in [0.05, 0.1) is 5.60 Å². The first-order valence-corrected chi connectivity index (χ1v) is 3.77. The predicted molar refractivity (Wildman–Crippen MR) is 38.7 cm³/mol. The molecule has 0 radical (unpaired) electrons. The summed E-state index contributed by atoms with van der Waals surface area (Å²) >= 11 is 0. The number of aliphatic hydroxyl groups is 1. The van der Waals surface area contributed by atoms with Crippen LogP contribution in [0.2, 0.25) is 0 Å². The van der Waals surface area contributed by atoms with Crippen molar-refractivity contribution in [2.24, 2.45) is 5.73 Å². The summed E-state index contributed by atoms with van der Waals surface area (Å²) in [5.74, 6) is 0. The van der Waals surface area contributed by atoms with E-state index < -0.39 is 5.60 Å². The van der Waals surface area contributed by atoms with E-state index in [0.717, 1.165) is 12.8 Å². The van der Waals surface area contributed by atoms with Gasteiger partial charge < -0.3 is 15.6 Å². The van der Waals surface area contributed by atoms with Gasteiger partial charge in [0, 0.05) is 13.2 Å². The normalized spacial score (nSPS) is 24.6. The van der Waals surface area contributed by atoms with E-state index >= 15 is 0 Å². The fourth-order valence-electron chi connectivity index (χ4n) is 1.27. The molecule has 1 saturated heterocycles. The lowest BCUT2D eigenvalue weighted by atomic mass is 9.91. The SMILES string of the molecule is NCCC1(O)CCOCC1. The third-order valence-electron chi connectivity index (χ3n) is 2.03. The van der Waals surface area contributed by atoms with Crippen LogP contribution in [0.1, 0.15) is 19.3 Å². The van der Waals surface area contributed by atoms with Crippen molar-refractivity contribution < 1.29 is 9.84 Å². The Morgan fingerprint density at radius 2 is 2.00 bits per heavy atom. The van der Waals surface area contributed by atoms with E-state index in [9.17, 15) is 5.11 Å². The van der Waals surface area contributed by atoms with Crippen molar-refractivity contribution in [2.75, 3.05) is 19.8 Å². The first-order chi connectivity index (χ1) is 4.77. The lowest BCUT2D eigenvalue weighted by Crippen LogP contribution is -2.37. The molecule has 1 aliphatic rings. The summed E-state index contributed by atoms with van der Waals surface area (Å²) in [6, 6.07) is 0. The van der Waals surface area contributed by atoms with Gasteiger partial charge in [-0.15, -0.1) is 0 Å². The largest absolute Gasteiger partial charge is 0.390 e. The summed E-state index contributed by atoms with van der Waals surface area (Å²) in [6.45, 7) is 1.92. The van der Waals surface area contributed by atoms with Gasteiger partial charge in [-0.25, -0.2) is 0 Å². The molecule has 3 nitrogen and oxygen atoms in total. The third kappa shape index (κ3) is 1.94. The molecule has 0 atom stereocenters. The average molecular weight is 145 g/mol. The average Bonchev–Trinajstić information content (AvgIpc) is 1.89. The molecule has 3 heteroatoms. The number of hydrogen-bond acceptors (Lipinski definition) is 3. The monoisotopic (exact) mass is 145 g/mol. The molecule has 0 aliphatic carbocycles. The highest BCUT2D eigenvalue weighted by Crippen LogP contribution is 2.22. The minimum Gasteiger partial charge on any atom is -0.390 e. The van der Waals surface area contributed by atoms with E-state index in [1.165, 1.54) is 0 Å². The highest BCUT2D eigenvalue weighted by atomic mass is 16.5. The van der Waals surface area contributed by atoms with Gasteiger partial charge in [0.25, 0.3) is 0 Å². The summed E-state index contributed by atoms with van der Waals surface area (Å²) in [4.78, 5) is 0. The number of hydrogen-bond donors (Lipinski definition) is 2. The lowest BCUT2D eigenvalue weighted by molar-refractivity contribution is -0.0663. The molecule has 3 N–H and O–H groups in total. The molecular formula is C7H15NO2. The molecule has 0 aromatic rings. The first-order valence-electron chi connectivity index (χ1n) is 3.77. The molecular weight excluding hydrogens is 130 g/mol. The Hall–Kier alpha value is -0.120. The Morgan fingerprint density at radius 1 is 1.40 bits per heavy atom. The van der Waals surface area contributed by atoms with Crippen LogP contribution < -0.4 is 5.73 Å². The zero-order chi connectivity index (χ0) is 7.45. The van der Waals surface area contributed by atoms with Crippen LogP contribution in [0.3, 0.4) is 0 Å². The van der Waals surface area contributed by atoms with E-state index in [2.05, 4.69) is 0 Å². The number of ether oxygens (including phenoxy) is 1. The van der Waals surface area contributed by atoms with Crippen LogP contribution in [0, 0.1) is 0 Å². The molecule has 1 rings (SSSR count). The number of rotatable bonds is 2. The van der Waals surface area contributed by atoms with Crippen LogP contribution in [-0.4, -0.2) is 30.5 Å². The zero-order valence-corrected chi connectivity index (χ0v) is 6.18. The van der Waals surface area contributed by atoms with Crippen molar-refractivity contribution in [2.45, 2.75) is 24.9 Å². The van der Waals surface area contributed by atoms with Crippen molar-refractivity contribution in [3.8, 4) is 0 Å². The molecule has 10 heavy (non-hydrogen) atoms. The van der Waals surface area contributed by atoms with Gasteiger partial charge in [0.2, 0.25) is 0 Å². The van der Waals surface area contributed by atoms with E-state index in [4.69, 9.17) is 10.5 Å². The molecule has 1 aliphatic heterocycles. The van der Waals surface area contributed by atoms with E-state index in [0.29, 0.717) is 26.2 Å². The first kappa shape index (κ1) is 7.98. The van der Waals surface area contributed by atoms with Crippen molar-refractivity contribution in [3.63, 3.8) is 0 Å². The summed E-state index contributed by atoms with van der Waals surface area (Å²) < 4.78 is 5.11. The van der Waals surface area contributed by atoms with Crippen LogP contribution in [0.15, 0.2) is 0 Å². The second kappa shape index (κ2) is 3.32. The van der Waals surface area contributed by atoms with Crippen LogP contribution in [0.5, 0.6) is 0 Å². The van der Waals surface area contributed by atoms with Crippen LogP contribution in [-0.2, 0) is 4.74 Å². The molecule has 0 saturated carbocycles. The fraction of sp³-hybridized carbons (Fsp3) is 1.00. The van der Waals surface area contributed by atoms with Gasteiger partial charge >= 0.3 is 0 Å². The maximum atomic E-state index is 9.71. The van der Waals surface area contributed by atoms with Gasteiger partial charge in [0.15, 0.2) is 0 Å². The summed E-state index contributed by atoms with van der Waals surface area (Å²) in [5, 5.41) is 9.71. The van der Waals surface area contributed by atoms with Gasteiger partial charge in [-0.1, -0.05) is 0 Å². The smallest absolute Gasteiger partial charge is 0.0703 e. The summed E-state index contributed by atoms with van der Waals surface area (Å²) in [5.41, 5.74) is 4.82. The third-order valence-corrected chi connectivity index (χ3v) is 2.03. The van der Waals surface area contributed by atoms with Crippen molar-refractivity contribution in [1.29, 1.82) is 0 Å². The van der Waals surface area contributed by atoms with Gasteiger partial charge in [-0.3, -0.25) is 0 Å². The van der Waals surface area contributed by atoms with Crippen LogP contribution >= 0.6 is 0 Å². The standard InChI is InChI=1S/C7H15NO2/c8-4-1-7(9)2-5-10-6-3-7/h9H,1-6,8H2. The minimum atomic E-state index is -0.521. The predicted octanol–water partition coefficient (Wildman–Crippen LogP) is -0.123. The molecule has 0 bridgehead atoms. The summed E-state index contributed by atoms with van der Waals surface area (Å²) in [7, 11) is 0. The van der Waals surface area contributed by atoms with Crippen LogP contribution in [0.4, 0.5) is 0 Å². The zero-order valence-electron chi connectivity index (χ0n) is 6.18. The molecule has 1 fully saturated rings. The quantitative estimate of drug-likeness (QED) is 0.569. The molecule has 0 aromatic carbocycles. The van der Waals surface area contributed by atoms with Crippen molar-refractivity contribution >= 4 is 0 Å². The molecule has 0 unspecified atom stereocenters. The van der Waals surface area contributed by atoms with Crippen molar-refractivity contribution in [1.82, 2.24) is 0 Å². The van der Waals surface area contributed by atoms with Gasteiger partial charge in [-0.05, 0) is 25.8 Å². The Labute approximate surface area is 61.2 Å². The second-order valence-corrected chi connectivity index (χ2v) is 2.88. The number of nitrogens with two attached hydrogens (primary N) is 1. The Morgan fingerprint density at radius 3 is 2.50 bits per heavy atom. The fourth-order valence-corrected chi connectivity index (χ4v) is 1.27. The van der Waals surface area contributed by atoms with Crippen LogP contribution in [0.25, 0.3) is 0 Å². The maximum absolute atomic E-state index is 9.71. The lowest BCUT2D eigenvalue weighted by Gasteiger charge is -2.31. The van der Waals surface area contributed by atoms with E-state index in [1.54, 1.807) is 0 Å². The Kier molecular flexibility index (Phi) is 2.65. The molecule has 0 spiro atoms. The minimum absolute atomic E-state index is 0.521. The van der Waals surface area contributed by atoms with Gasteiger partial charge in [-0.2, -0.15) is 0 Å². The summed E-state index contributed by atoms with van der Waals surface area (Å²) in [6.07, 6.45) is 2.19. The molecule has 0 aromatic heterocycles. The van der Waals surface area contributed by atoms with E-state index in [1.807, 2.05) is 0 Å². The highest BCUT2D eigenvalue weighted by molar-refractivity contribution is 4.80. The Balaban J connectivity index is 2.32. The topological polar surface area (TPSA) is 55.5 Å². The molecule has 60 valence electrons.